The first-order chi connectivity index (χ1) is 14.7. The third-order valence-electron chi connectivity index (χ3n) is 3.72. The largest absolute Gasteiger partial charge is 0.376 e. The van der Waals surface area contributed by atoms with Gasteiger partial charge in [0.15, 0.2) is 0 Å². The number of halogens is 4. The fraction of sp³-hybridized carbons (Fsp3) is 0.211. The summed E-state index contributed by atoms with van der Waals surface area (Å²) in [6.07, 6.45) is 5.49. The van der Waals surface area contributed by atoms with Gasteiger partial charge in [-0.1, -0.05) is 52.5 Å². The molecule has 1 unspecified atom stereocenters. The summed E-state index contributed by atoms with van der Waals surface area (Å²) in [5, 5.41) is 16.0. The summed E-state index contributed by atoms with van der Waals surface area (Å²) in [5.41, 5.74) is 0.977. The van der Waals surface area contributed by atoms with Crippen molar-refractivity contribution >= 4 is 58.2 Å². The van der Waals surface area contributed by atoms with Crippen LogP contribution in [0.25, 0.3) is 0 Å². The van der Waals surface area contributed by atoms with Crippen molar-refractivity contribution in [3.05, 3.63) is 90.9 Å². The van der Waals surface area contributed by atoms with Gasteiger partial charge in [0.05, 0.1) is 44.9 Å². The van der Waals surface area contributed by atoms with Crippen LogP contribution in [-0.4, -0.2) is 31.7 Å². The van der Waals surface area contributed by atoms with Gasteiger partial charge in [0.25, 0.3) is 5.09 Å². The van der Waals surface area contributed by atoms with Crippen molar-refractivity contribution in [3.8, 4) is 0 Å². The lowest BCUT2D eigenvalue weighted by Crippen LogP contribution is -2.18. The first kappa shape index (κ1) is 25.6. The monoisotopic (exact) mass is 523 g/mol. The summed E-state index contributed by atoms with van der Waals surface area (Å²) < 4.78 is 7.96. The van der Waals surface area contributed by atoms with Crippen molar-refractivity contribution in [2.75, 3.05) is 6.61 Å². The second-order valence-corrected chi connectivity index (χ2v) is 9.08. The Labute approximate surface area is 203 Å². The summed E-state index contributed by atoms with van der Waals surface area (Å²) in [4.78, 5) is 13.5. The molecule has 1 aromatic heterocycles. The Morgan fingerprint density at radius 1 is 1.10 bits per heavy atom. The molecule has 3 aromatic rings. The van der Waals surface area contributed by atoms with Crippen LogP contribution in [0.2, 0.25) is 20.1 Å². The van der Waals surface area contributed by atoms with E-state index in [2.05, 4.69) is 4.98 Å². The Morgan fingerprint density at radius 3 is 2.32 bits per heavy atom. The van der Waals surface area contributed by atoms with Gasteiger partial charge in [0.2, 0.25) is 0 Å². The van der Waals surface area contributed by atoms with Gasteiger partial charge in [-0.05, 0) is 35.9 Å². The van der Waals surface area contributed by atoms with Crippen molar-refractivity contribution < 1.29 is 15.0 Å². The van der Waals surface area contributed by atoms with Crippen molar-refractivity contribution in [1.82, 2.24) is 9.55 Å². The first-order valence-electron chi connectivity index (χ1n) is 8.67. The predicted molar refractivity (Wildman–Crippen MR) is 123 cm³/mol. The molecule has 12 heteroatoms. The van der Waals surface area contributed by atoms with E-state index in [0.717, 1.165) is 17.0 Å². The molecule has 0 aliphatic heterocycles. The lowest BCUT2D eigenvalue weighted by Gasteiger charge is -2.18. The number of nitrogens with zero attached hydrogens (tertiary/aromatic N) is 3. The van der Waals surface area contributed by atoms with Gasteiger partial charge in [-0.2, -0.15) is 0 Å². The van der Waals surface area contributed by atoms with Crippen LogP contribution < -0.4 is 0 Å². The molecule has 166 valence electrons. The molecular weight excluding hydrogens is 508 g/mol. The SMILES string of the molecule is Clc1ccc(COCC(Cn2ccnc2)Sc2ccc(Cl)c(Cl)c2)cc1Cl.O=[N+]([O-])O. The highest BCUT2D eigenvalue weighted by atomic mass is 35.5. The zero-order chi connectivity index (χ0) is 22.8. The molecule has 0 saturated carbocycles. The fourth-order valence-electron chi connectivity index (χ4n) is 2.43. The number of imidazole rings is 1. The molecular formula is C19H17Cl4N3O4S. The fourth-order valence-corrected chi connectivity index (χ4v) is 4.25. The molecule has 0 radical (unpaired) electrons. The highest BCUT2D eigenvalue weighted by molar-refractivity contribution is 8.00. The lowest BCUT2D eigenvalue weighted by atomic mass is 10.2. The number of benzene rings is 2. The Bertz CT molecular complexity index is 988. The molecule has 1 N–H and O–H groups in total. The molecule has 1 atom stereocenters. The van der Waals surface area contributed by atoms with Gasteiger partial charge >= 0.3 is 0 Å². The second-order valence-electron chi connectivity index (χ2n) is 6.08. The van der Waals surface area contributed by atoms with Gasteiger partial charge in [0, 0.05) is 23.8 Å². The molecule has 0 fully saturated rings. The highest BCUT2D eigenvalue weighted by Gasteiger charge is 2.13. The Kier molecular flexibility index (Phi) is 10.7. The van der Waals surface area contributed by atoms with E-state index in [-0.39, 0.29) is 5.25 Å². The van der Waals surface area contributed by atoms with Crippen LogP contribution in [0.4, 0.5) is 0 Å². The maximum Gasteiger partial charge on any atom is 0.291 e. The predicted octanol–water partition coefficient (Wildman–Crippen LogP) is 6.53. The maximum absolute atomic E-state index is 8.36. The molecule has 0 bridgehead atoms. The summed E-state index contributed by atoms with van der Waals surface area (Å²) in [6, 6.07) is 11.1. The number of hydrogen-bond acceptors (Lipinski definition) is 5. The van der Waals surface area contributed by atoms with Crippen LogP contribution in [0.3, 0.4) is 0 Å². The Balaban J connectivity index is 0.000000785. The average molecular weight is 525 g/mol. The van der Waals surface area contributed by atoms with Gasteiger partial charge < -0.3 is 14.5 Å². The number of aromatic nitrogens is 2. The van der Waals surface area contributed by atoms with Crippen LogP contribution in [0.1, 0.15) is 5.56 Å². The lowest BCUT2D eigenvalue weighted by molar-refractivity contribution is -0.742. The number of rotatable bonds is 8. The van der Waals surface area contributed by atoms with E-state index < -0.39 is 5.09 Å². The normalized spacial score (nSPS) is 11.5. The van der Waals surface area contributed by atoms with Gasteiger partial charge in [0.1, 0.15) is 0 Å². The summed E-state index contributed by atoms with van der Waals surface area (Å²) in [7, 11) is 0. The van der Waals surface area contributed by atoms with Crippen LogP contribution in [-0.2, 0) is 17.9 Å². The molecule has 3 rings (SSSR count). The standard InChI is InChI=1S/C19H16Cl4N2OS.HNO3/c20-16-3-1-13(7-18(16)22)10-26-11-15(9-25-6-5-24-12-25)27-14-2-4-17(21)19(23)8-14;2-1(3)4/h1-8,12,15H,9-11H2;(H,2,3,4). The molecule has 2 aromatic carbocycles. The minimum Gasteiger partial charge on any atom is -0.376 e. The van der Waals surface area contributed by atoms with Crippen LogP contribution in [0.5, 0.6) is 0 Å². The number of thioether (sulfide) groups is 1. The minimum atomic E-state index is -1.50. The number of hydrogen-bond donors (Lipinski definition) is 1. The van der Waals surface area contributed by atoms with E-state index in [0.29, 0.717) is 33.3 Å². The molecule has 31 heavy (non-hydrogen) atoms. The van der Waals surface area contributed by atoms with Crippen molar-refractivity contribution in [2.24, 2.45) is 0 Å². The molecule has 0 aliphatic rings. The van der Waals surface area contributed by atoms with Crippen LogP contribution in [0.15, 0.2) is 60.0 Å². The van der Waals surface area contributed by atoms with Gasteiger partial charge in [-0.25, -0.2) is 4.98 Å². The Hall–Kier alpha value is -1.68. The molecule has 7 nitrogen and oxygen atoms in total. The molecule has 0 saturated heterocycles. The van der Waals surface area contributed by atoms with Crippen LogP contribution >= 0.6 is 58.2 Å². The molecule has 1 heterocycles. The maximum atomic E-state index is 8.36. The Morgan fingerprint density at radius 2 is 1.74 bits per heavy atom. The smallest absolute Gasteiger partial charge is 0.291 e. The summed E-state index contributed by atoms with van der Waals surface area (Å²) >= 11 is 25.8. The molecule has 0 aliphatic carbocycles. The number of ether oxygens (including phenoxy) is 1. The summed E-state index contributed by atoms with van der Waals surface area (Å²) in [5.74, 6) is 0. The highest BCUT2D eigenvalue weighted by Crippen LogP contribution is 2.31. The average Bonchev–Trinajstić information content (AvgIpc) is 3.20. The second kappa shape index (κ2) is 13.0. The summed E-state index contributed by atoms with van der Waals surface area (Å²) in [6.45, 7) is 1.76. The van der Waals surface area contributed by atoms with Crippen molar-refractivity contribution in [2.45, 2.75) is 23.3 Å². The van der Waals surface area contributed by atoms with E-state index in [1.54, 1.807) is 36.4 Å². The van der Waals surface area contributed by atoms with E-state index in [4.69, 9.17) is 66.5 Å². The van der Waals surface area contributed by atoms with E-state index in [1.165, 1.54) is 0 Å². The quantitative estimate of drug-likeness (QED) is 0.205. The third kappa shape index (κ3) is 9.55. The van der Waals surface area contributed by atoms with Crippen molar-refractivity contribution in [3.63, 3.8) is 0 Å². The zero-order valence-electron chi connectivity index (χ0n) is 15.8. The third-order valence-corrected chi connectivity index (χ3v) is 6.35. The van der Waals surface area contributed by atoms with Gasteiger partial charge in [-0.15, -0.1) is 21.9 Å². The molecule has 0 spiro atoms. The van der Waals surface area contributed by atoms with E-state index in [9.17, 15) is 0 Å². The zero-order valence-corrected chi connectivity index (χ0v) is 19.7. The van der Waals surface area contributed by atoms with Crippen LogP contribution in [0, 0.1) is 10.1 Å². The van der Waals surface area contributed by atoms with Crippen molar-refractivity contribution in [1.29, 1.82) is 0 Å². The van der Waals surface area contributed by atoms with Gasteiger partial charge in [-0.3, -0.25) is 0 Å². The minimum absolute atomic E-state index is 0.166. The van der Waals surface area contributed by atoms with E-state index >= 15 is 0 Å². The molecule has 0 amide bonds. The van der Waals surface area contributed by atoms with E-state index in [1.807, 2.05) is 35.0 Å². The first-order valence-corrected chi connectivity index (χ1v) is 11.1. The topological polar surface area (TPSA) is 90.4 Å².